The lowest BCUT2D eigenvalue weighted by Crippen LogP contribution is -2.19. The third kappa shape index (κ3) is 3.63. The molecule has 0 aliphatic heterocycles. The van der Waals surface area contributed by atoms with Gasteiger partial charge in [-0.25, -0.2) is 0 Å². The van der Waals surface area contributed by atoms with Crippen molar-refractivity contribution in [1.82, 2.24) is 5.32 Å². The van der Waals surface area contributed by atoms with Gasteiger partial charge in [-0.3, -0.25) is 0 Å². The molecule has 0 saturated heterocycles. The molecule has 16 heavy (non-hydrogen) atoms. The summed E-state index contributed by atoms with van der Waals surface area (Å²) in [5, 5.41) is 3.34. The van der Waals surface area contributed by atoms with E-state index in [1.54, 1.807) is 0 Å². The predicted molar refractivity (Wildman–Crippen MR) is 74.8 cm³/mol. The van der Waals surface area contributed by atoms with Crippen LogP contribution in [0.2, 0.25) is 8.67 Å². The minimum atomic E-state index is 0.321. The summed E-state index contributed by atoms with van der Waals surface area (Å²) in [7, 11) is 1.98. The van der Waals surface area contributed by atoms with E-state index in [1.165, 1.54) is 24.2 Å². The van der Waals surface area contributed by atoms with Crippen LogP contribution in [0.3, 0.4) is 0 Å². The highest BCUT2D eigenvalue weighted by Crippen LogP contribution is 2.37. The summed E-state index contributed by atoms with van der Waals surface area (Å²) in [6, 6.07) is 2.30. The Morgan fingerprint density at radius 3 is 2.31 bits per heavy atom. The molecule has 1 unspecified atom stereocenters. The number of hydrogen-bond acceptors (Lipinski definition) is 2. The first-order valence-electron chi connectivity index (χ1n) is 5.74. The minimum Gasteiger partial charge on any atom is -0.313 e. The molecule has 1 N–H and O–H groups in total. The number of thiophene rings is 1. The van der Waals surface area contributed by atoms with Crippen molar-refractivity contribution in [2.24, 2.45) is 5.92 Å². The summed E-state index contributed by atoms with van der Waals surface area (Å²) in [5.41, 5.74) is 1.14. The topological polar surface area (TPSA) is 12.0 Å². The van der Waals surface area contributed by atoms with Crippen molar-refractivity contribution in [3.8, 4) is 0 Å². The van der Waals surface area contributed by atoms with Crippen LogP contribution >= 0.6 is 34.5 Å². The molecular formula is C12H19Cl2NS. The molecule has 0 bridgehead atoms. The van der Waals surface area contributed by atoms with Gasteiger partial charge in [0.05, 0.1) is 8.67 Å². The lowest BCUT2D eigenvalue weighted by molar-refractivity contribution is 0.386. The molecule has 0 radical (unpaired) electrons. The van der Waals surface area contributed by atoms with E-state index in [2.05, 4.69) is 19.2 Å². The highest BCUT2D eigenvalue weighted by molar-refractivity contribution is 7.20. The maximum absolute atomic E-state index is 6.18. The SMILES string of the molecule is CCC(CC)CC(NC)c1cc(Cl)sc1Cl. The third-order valence-corrected chi connectivity index (χ3v) is 4.65. The monoisotopic (exact) mass is 279 g/mol. The zero-order valence-corrected chi connectivity index (χ0v) is 12.3. The average Bonchev–Trinajstić information content (AvgIpc) is 2.60. The Hall–Kier alpha value is 0.240. The van der Waals surface area contributed by atoms with Crippen LogP contribution in [-0.4, -0.2) is 7.05 Å². The molecule has 0 aliphatic rings. The van der Waals surface area contributed by atoms with Crippen LogP contribution in [0.4, 0.5) is 0 Å². The van der Waals surface area contributed by atoms with Gasteiger partial charge >= 0.3 is 0 Å². The number of hydrogen-bond donors (Lipinski definition) is 1. The van der Waals surface area contributed by atoms with E-state index in [0.717, 1.165) is 26.6 Å². The van der Waals surface area contributed by atoms with Crippen LogP contribution in [0.5, 0.6) is 0 Å². The van der Waals surface area contributed by atoms with Crippen molar-refractivity contribution in [3.05, 3.63) is 20.3 Å². The first-order chi connectivity index (χ1) is 7.62. The summed E-state index contributed by atoms with van der Waals surface area (Å²) < 4.78 is 1.58. The largest absolute Gasteiger partial charge is 0.313 e. The van der Waals surface area contributed by atoms with Gasteiger partial charge in [0.2, 0.25) is 0 Å². The lowest BCUT2D eigenvalue weighted by atomic mass is 9.92. The standard InChI is InChI=1S/C12H19Cl2NS/c1-4-8(5-2)6-10(15-3)9-7-11(13)16-12(9)14/h7-8,10,15H,4-6H2,1-3H3. The predicted octanol–water partition coefficient (Wildman–Crippen LogP) is 5.14. The van der Waals surface area contributed by atoms with Crippen LogP contribution in [0.25, 0.3) is 0 Å². The maximum atomic E-state index is 6.18. The van der Waals surface area contributed by atoms with Gasteiger partial charge in [-0.1, -0.05) is 49.9 Å². The van der Waals surface area contributed by atoms with Crippen LogP contribution in [0, 0.1) is 5.92 Å². The molecule has 1 aromatic heterocycles. The maximum Gasteiger partial charge on any atom is 0.0991 e. The van der Waals surface area contributed by atoms with Gasteiger partial charge < -0.3 is 5.32 Å². The fourth-order valence-corrected chi connectivity index (χ4v) is 3.53. The highest BCUT2D eigenvalue weighted by Gasteiger charge is 2.19. The normalized spacial score (nSPS) is 13.4. The number of nitrogens with one attached hydrogen (secondary N) is 1. The molecule has 1 nitrogen and oxygen atoms in total. The molecular weight excluding hydrogens is 261 g/mol. The molecule has 1 heterocycles. The van der Waals surface area contributed by atoms with Gasteiger partial charge in [-0.05, 0) is 25.5 Å². The zero-order chi connectivity index (χ0) is 12.1. The second-order valence-corrected chi connectivity index (χ2v) is 6.32. The van der Waals surface area contributed by atoms with Crippen LogP contribution in [0.1, 0.15) is 44.7 Å². The van der Waals surface area contributed by atoms with Crippen molar-refractivity contribution >= 4 is 34.5 Å². The van der Waals surface area contributed by atoms with E-state index in [1.807, 2.05) is 13.1 Å². The Labute approximate surface area is 112 Å². The van der Waals surface area contributed by atoms with Crippen molar-refractivity contribution < 1.29 is 0 Å². The Morgan fingerprint density at radius 2 is 1.94 bits per heavy atom. The molecule has 1 rings (SSSR count). The molecule has 0 spiro atoms. The zero-order valence-electron chi connectivity index (χ0n) is 10.0. The van der Waals surface area contributed by atoms with Gasteiger partial charge in [0.1, 0.15) is 0 Å². The summed E-state index contributed by atoms with van der Waals surface area (Å²) in [6.07, 6.45) is 3.55. The second kappa shape index (κ2) is 6.85. The second-order valence-electron chi connectivity index (χ2n) is 4.04. The number of rotatable bonds is 6. The Bertz CT molecular complexity index is 321. The minimum absolute atomic E-state index is 0.321. The van der Waals surface area contributed by atoms with Crippen LogP contribution < -0.4 is 5.32 Å². The van der Waals surface area contributed by atoms with E-state index in [0.29, 0.717) is 6.04 Å². The van der Waals surface area contributed by atoms with E-state index >= 15 is 0 Å². The smallest absolute Gasteiger partial charge is 0.0991 e. The lowest BCUT2D eigenvalue weighted by Gasteiger charge is -2.21. The van der Waals surface area contributed by atoms with Crippen molar-refractivity contribution in [1.29, 1.82) is 0 Å². The fourth-order valence-electron chi connectivity index (χ4n) is 1.95. The molecule has 0 aromatic carbocycles. The highest BCUT2D eigenvalue weighted by atomic mass is 35.5. The molecule has 0 saturated carbocycles. The van der Waals surface area contributed by atoms with E-state index in [-0.39, 0.29) is 0 Å². The van der Waals surface area contributed by atoms with Crippen molar-refractivity contribution in [3.63, 3.8) is 0 Å². The molecule has 0 fully saturated rings. The Morgan fingerprint density at radius 1 is 1.31 bits per heavy atom. The molecule has 1 atom stereocenters. The van der Waals surface area contributed by atoms with Gasteiger partial charge in [0, 0.05) is 11.6 Å². The van der Waals surface area contributed by atoms with E-state index in [4.69, 9.17) is 23.2 Å². The summed E-state index contributed by atoms with van der Waals surface area (Å²) in [4.78, 5) is 0. The van der Waals surface area contributed by atoms with E-state index in [9.17, 15) is 0 Å². The van der Waals surface area contributed by atoms with Crippen molar-refractivity contribution in [2.45, 2.75) is 39.2 Å². The molecule has 0 amide bonds. The third-order valence-electron chi connectivity index (χ3n) is 3.13. The molecule has 92 valence electrons. The van der Waals surface area contributed by atoms with Crippen molar-refractivity contribution in [2.75, 3.05) is 7.05 Å². The van der Waals surface area contributed by atoms with Crippen LogP contribution in [-0.2, 0) is 0 Å². The summed E-state index contributed by atoms with van der Waals surface area (Å²) >= 11 is 13.6. The van der Waals surface area contributed by atoms with Gasteiger partial charge in [-0.15, -0.1) is 11.3 Å². The van der Waals surface area contributed by atoms with Gasteiger partial charge in [0.15, 0.2) is 0 Å². The quantitative estimate of drug-likeness (QED) is 0.760. The number of halogens is 2. The Balaban J connectivity index is 2.77. The average molecular weight is 280 g/mol. The summed E-state index contributed by atoms with van der Waals surface area (Å²) in [6.45, 7) is 4.48. The Kier molecular flexibility index (Phi) is 6.12. The van der Waals surface area contributed by atoms with Gasteiger partial charge in [-0.2, -0.15) is 0 Å². The summed E-state index contributed by atoms with van der Waals surface area (Å²) in [5.74, 6) is 0.743. The van der Waals surface area contributed by atoms with E-state index < -0.39 is 0 Å². The fraction of sp³-hybridized carbons (Fsp3) is 0.667. The van der Waals surface area contributed by atoms with Crippen LogP contribution in [0.15, 0.2) is 6.07 Å². The molecule has 1 aromatic rings. The molecule has 0 aliphatic carbocycles. The molecule has 4 heteroatoms. The first-order valence-corrected chi connectivity index (χ1v) is 7.31. The van der Waals surface area contributed by atoms with Gasteiger partial charge in [0.25, 0.3) is 0 Å². The first kappa shape index (κ1) is 14.3.